The monoisotopic (exact) mass is 327 g/mol. The van der Waals surface area contributed by atoms with Crippen LogP contribution in [0.3, 0.4) is 0 Å². The maximum Gasteiger partial charge on any atom is 0.143 e. The Morgan fingerprint density at radius 3 is 2.38 bits per heavy atom. The molecule has 1 aromatic rings. The summed E-state index contributed by atoms with van der Waals surface area (Å²) < 4.78 is 0. The van der Waals surface area contributed by atoms with Crippen molar-refractivity contribution in [2.75, 3.05) is 0 Å². The van der Waals surface area contributed by atoms with E-state index >= 15 is 0 Å². The Bertz CT molecular complexity index is 551. The lowest BCUT2D eigenvalue weighted by Crippen LogP contribution is -2.25. The van der Waals surface area contributed by atoms with Crippen LogP contribution < -0.4 is 0 Å². The van der Waals surface area contributed by atoms with Gasteiger partial charge in [-0.25, -0.2) is 0 Å². The van der Waals surface area contributed by atoms with E-state index in [9.17, 15) is 14.9 Å². The minimum atomic E-state index is -0.452. The molecule has 0 N–H and O–H groups in total. The SMILES string of the molecule is CCCC.N#Cc1ccccc1C(CC=O)C(=O)C1CCCCC1. The maximum atomic E-state index is 12.7. The number of carbonyl (C=O) groups excluding carboxylic acids is 2. The van der Waals surface area contributed by atoms with Gasteiger partial charge in [-0.05, 0) is 24.5 Å². The molecule has 0 bridgehead atoms. The smallest absolute Gasteiger partial charge is 0.143 e. The molecule has 1 fully saturated rings. The van der Waals surface area contributed by atoms with E-state index in [0.29, 0.717) is 11.1 Å². The number of ketones is 1. The molecule has 1 aliphatic carbocycles. The molecule has 0 spiro atoms. The van der Waals surface area contributed by atoms with Gasteiger partial charge < -0.3 is 4.79 Å². The van der Waals surface area contributed by atoms with Gasteiger partial charge in [0.2, 0.25) is 0 Å². The number of hydrogen-bond acceptors (Lipinski definition) is 3. The van der Waals surface area contributed by atoms with E-state index < -0.39 is 5.92 Å². The molecular weight excluding hydrogens is 298 g/mol. The number of unbranched alkanes of at least 4 members (excludes halogenated alkanes) is 1. The molecule has 2 rings (SSSR count). The molecule has 0 radical (unpaired) electrons. The topological polar surface area (TPSA) is 57.9 Å². The van der Waals surface area contributed by atoms with Crippen LogP contribution in [-0.4, -0.2) is 12.1 Å². The molecule has 1 saturated carbocycles. The molecule has 1 atom stereocenters. The molecule has 1 aromatic carbocycles. The largest absolute Gasteiger partial charge is 0.303 e. The zero-order valence-electron chi connectivity index (χ0n) is 15.0. The van der Waals surface area contributed by atoms with Gasteiger partial charge in [0.1, 0.15) is 12.1 Å². The van der Waals surface area contributed by atoms with Crippen molar-refractivity contribution < 1.29 is 9.59 Å². The van der Waals surface area contributed by atoms with Gasteiger partial charge in [0.25, 0.3) is 0 Å². The average Bonchev–Trinajstić information content (AvgIpc) is 2.66. The van der Waals surface area contributed by atoms with Gasteiger partial charge in [-0.15, -0.1) is 0 Å². The summed E-state index contributed by atoms with van der Waals surface area (Å²) in [6, 6.07) is 9.24. The highest BCUT2D eigenvalue weighted by Gasteiger charge is 2.30. The number of nitrogens with zero attached hydrogens (tertiary/aromatic N) is 1. The van der Waals surface area contributed by atoms with Crippen molar-refractivity contribution in [3.63, 3.8) is 0 Å². The number of carbonyl (C=O) groups is 2. The van der Waals surface area contributed by atoms with E-state index in [1.165, 1.54) is 19.3 Å². The lowest BCUT2D eigenvalue weighted by molar-refractivity contribution is -0.126. The second-order valence-corrected chi connectivity index (χ2v) is 6.39. The molecule has 1 unspecified atom stereocenters. The summed E-state index contributed by atoms with van der Waals surface area (Å²) in [4.78, 5) is 23.6. The highest BCUT2D eigenvalue weighted by atomic mass is 16.1. The van der Waals surface area contributed by atoms with Gasteiger partial charge in [-0.3, -0.25) is 4.79 Å². The highest BCUT2D eigenvalue weighted by Crippen LogP contribution is 2.32. The fourth-order valence-corrected chi connectivity index (χ4v) is 3.07. The molecule has 3 heteroatoms. The number of aldehydes is 1. The molecule has 0 aromatic heterocycles. The molecule has 0 aliphatic heterocycles. The van der Waals surface area contributed by atoms with Gasteiger partial charge in [0.05, 0.1) is 17.6 Å². The number of hydrogen-bond donors (Lipinski definition) is 0. The molecule has 0 amide bonds. The zero-order chi connectivity index (χ0) is 17.8. The van der Waals surface area contributed by atoms with Crippen LogP contribution in [0.15, 0.2) is 24.3 Å². The standard InChI is InChI=1S/C17H19NO2.C4H10/c18-12-14-8-4-5-9-15(14)16(10-11-19)17(20)13-6-2-1-3-7-13;1-3-4-2/h4-5,8-9,11,13,16H,1-3,6-7,10H2;3-4H2,1-2H3. The summed E-state index contributed by atoms with van der Waals surface area (Å²) in [5, 5.41) is 9.18. The quantitative estimate of drug-likeness (QED) is 0.676. The third-order valence-electron chi connectivity index (χ3n) is 4.64. The Kier molecular flexibility index (Phi) is 9.68. The number of nitriles is 1. The number of rotatable bonds is 6. The highest BCUT2D eigenvalue weighted by molar-refractivity contribution is 5.90. The lowest BCUT2D eigenvalue weighted by Gasteiger charge is -2.25. The van der Waals surface area contributed by atoms with Crippen molar-refractivity contribution in [2.24, 2.45) is 5.92 Å². The molecule has 0 heterocycles. The van der Waals surface area contributed by atoms with Crippen LogP contribution in [0.1, 0.15) is 82.3 Å². The van der Waals surface area contributed by atoms with Crippen molar-refractivity contribution in [1.82, 2.24) is 0 Å². The van der Waals surface area contributed by atoms with E-state index in [2.05, 4.69) is 19.9 Å². The van der Waals surface area contributed by atoms with Crippen LogP contribution >= 0.6 is 0 Å². The van der Waals surface area contributed by atoms with Gasteiger partial charge in [-0.1, -0.05) is 64.2 Å². The molecule has 130 valence electrons. The summed E-state index contributed by atoms with van der Waals surface area (Å²) in [7, 11) is 0. The van der Waals surface area contributed by atoms with Gasteiger partial charge in [-0.2, -0.15) is 5.26 Å². The van der Waals surface area contributed by atoms with Gasteiger partial charge in [0, 0.05) is 12.3 Å². The first-order chi connectivity index (χ1) is 11.7. The first kappa shape index (κ1) is 20.1. The third kappa shape index (κ3) is 5.92. The maximum absolute atomic E-state index is 12.7. The van der Waals surface area contributed by atoms with Crippen LogP contribution in [0.4, 0.5) is 0 Å². The predicted octanol–water partition coefficient (Wildman–Crippen LogP) is 5.19. The van der Waals surface area contributed by atoms with E-state index in [0.717, 1.165) is 32.0 Å². The predicted molar refractivity (Wildman–Crippen MR) is 96.7 cm³/mol. The molecule has 3 nitrogen and oxygen atoms in total. The van der Waals surface area contributed by atoms with Crippen LogP contribution in [0.25, 0.3) is 0 Å². The van der Waals surface area contributed by atoms with Crippen molar-refractivity contribution in [3.05, 3.63) is 35.4 Å². The fraction of sp³-hybridized carbons (Fsp3) is 0.571. The second-order valence-electron chi connectivity index (χ2n) is 6.39. The Hall–Kier alpha value is -1.95. The fourth-order valence-electron chi connectivity index (χ4n) is 3.07. The summed E-state index contributed by atoms with van der Waals surface area (Å²) >= 11 is 0. The Morgan fingerprint density at radius 2 is 1.83 bits per heavy atom. The zero-order valence-corrected chi connectivity index (χ0v) is 15.0. The summed E-state index contributed by atoms with van der Waals surface area (Å²) in [5.41, 5.74) is 1.21. The Balaban J connectivity index is 0.000000648. The molecule has 0 saturated heterocycles. The average molecular weight is 327 g/mol. The summed E-state index contributed by atoms with van der Waals surface area (Å²) in [6.07, 6.45) is 8.81. The van der Waals surface area contributed by atoms with E-state index in [-0.39, 0.29) is 18.1 Å². The first-order valence-corrected chi connectivity index (χ1v) is 9.15. The van der Waals surface area contributed by atoms with Crippen LogP contribution in [-0.2, 0) is 9.59 Å². The van der Waals surface area contributed by atoms with Crippen molar-refractivity contribution in [1.29, 1.82) is 5.26 Å². The van der Waals surface area contributed by atoms with E-state index in [4.69, 9.17) is 0 Å². The van der Waals surface area contributed by atoms with E-state index in [1.54, 1.807) is 18.2 Å². The molecule has 24 heavy (non-hydrogen) atoms. The number of benzene rings is 1. The van der Waals surface area contributed by atoms with Crippen molar-refractivity contribution in [3.8, 4) is 6.07 Å². The minimum Gasteiger partial charge on any atom is -0.303 e. The van der Waals surface area contributed by atoms with Crippen LogP contribution in [0.2, 0.25) is 0 Å². The van der Waals surface area contributed by atoms with Gasteiger partial charge in [0.15, 0.2) is 0 Å². The lowest BCUT2D eigenvalue weighted by atomic mass is 9.77. The van der Waals surface area contributed by atoms with Crippen molar-refractivity contribution >= 4 is 12.1 Å². The first-order valence-electron chi connectivity index (χ1n) is 9.15. The molecule has 1 aliphatic rings. The summed E-state index contributed by atoms with van der Waals surface area (Å²) in [5.74, 6) is -0.258. The summed E-state index contributed by atoms with van der Waals surface area (Å²) in [6.45, 7) is 4.36. The van der Waals surface area contributed by atoms with Crippen LogP contribution in [0, 0.1) is 17.2 Å². The minimum absolute atomic E-state index is 0.0560. The Morgan fingerprint density at radius 1 is 1.21 bits per heavy atom. The second kappa shape index (κ2) is 11.6. The Labute approximate surface area is 146 Å². The van der Waals surface area contributed by atoms with E-state index in [1.807, 2.05) is 6.07 Å². The third-order valence-corrected chi connectivity index (χ3v) is 4.64. The van der Waals surface area contributed by atoms with Crippen molar-refractivity contribution in [2.45, 2.75) is 71.1 Å². The molecular formula is C21H29NO2. The van der Waals surface area contributed by atoms with Crippen LogP contribution in [0.5, 0.6) is 0 Å². The number of Topliss-reactive ketones (excluding diaryl/α,β-unsaturated/α-hetero) is 1. The normalized spacial score (nSPS) is 15.5. The van der Waals surface area contributed by atoms with Gasteiger partial charge >= 0.3 is 0 Å².